The lowest BCUT2D eigenvalue weighted by molar-refractivity contribution is -0.384. The van der Waals surface area contributed by atoms with Crippen molar-refractivity contribution in [3.05, 3.63) is 57.6 Å². The first-order valence-corrected chi connectivity index (χ1v) is 6.00. The molecular formula is C14H14N4O2. The van der Waals surface area contributed by atoms with E-state index in [1.54, 1.807) is 12.1 Å². The molecule has 6 heteroatoms. The van der Waals surface area contributed by atoms with Crippen LogP contribution in [0.5, 0.6) is 0 Å². The number of nitrogens with zero attached hydrogens (tertiary/aromatic N) is 3. The molecule has 2 rings (SSSR count). The summed E-state index contributed by atoms with van der Waals surface area (Å²) < 4.78 is 0. The van der Waals surface area contributed by atoms with E-state index >= 15 is 0 Å². The smallest absolute Gasteiger partial charge is 0.269 e. The highest BCUT2D eigenvalue weighted by Crippen LogP contribution is 2.26. The minimum atomic E-state index is -0.451. The molecule has 0 atom stereocenters. The molecule has 2 aromatic rings. The zero-order valence-electron chi connectivity index (χ0n) is 11.2. The van der Waals surface area contributed by atoms with Crippen molar-refractivity contribution in [2.45, 2.75) is 13.8 Å². The van der Waals surface area contributed by atoms with E-state index < -0.39 is 4.92 Å². The van der Waals surface area contributed by atoms with Gasteiger partial charge in [-0.25, -0.2) is 0 Å². The van der Waals surface area contributed by atoms with Crippen molar-refractivity contribution >= 4 is 22.7 Å². The van der Waals surface area contributed by atoms with Crippen LogP contribution in [0.3, 0.4) is 0 Å². The molecule has 0 heterocycles. The third kappa shape index (κ3) is 2.97. The topological polar surface area (TPSA) is 93.9 Å². The highest BCUT2D eigenvalue weighted by atomic mass is 16.6. The van der Waals surface area contributed by atoms with Crippen molar-refractivity contribution in [1.29, 1.82) is 0 Å². The van der Waals surface area contributed by atoms with Gasteiger partial charge in [0, 0.05) is 17.8 Å². The van der Waals surface area contributed by atoms with Gasteiger partial charge in [0.25, 0.3) is 5.69 Å². The van der Waals surface area contributed by atoms with Gasteiger partial charge in [-0.15, -0.1) is 0 Å². The molecular weight excluding hydrogens is 256 g/mol. The number of nitro groups is 1. The van der Waals surface area contributed by atoms with Crippen LogP contribution in [0.1, 0.15) is 11.1 Å². The normalized spacial score (nSPS) is 10.9. The number of nitrogen functional groups attached to an aromatic ring is 1. The van der Waals surface area contributed by atoms with Crippen LogP contribution >= 0.6 is 0 Å². The van der Waals surface area contributed by atoms with Gasteiger partial charge in [-0.3, -0.25) is 10.1 Å². The van der Waals surface area contributed by atoms with E-state index in [-0.39, 0.29) is 5.69 Å². The fourth-order valence-electron chi connectivity index (χ4n) is 1.77. The second-order valence-electron chi connectivity index (χ2n) is 4.47. The number of rotatable bonds is 3. The summed E-state index contributed by atoms with van der Waals surface area (Å²) in [5, 5.41) is 18.7. The molecule has 0 spiro atoms. The molecule has 0 aliphatic rings. The van der Waals surface area contributed by atoms with Crippen LogP contribution in [0.4, 0.5) is 22.7 Å². The summed E-state index contributed by atoms with van der Waals surface area (Å²) in [5.41, 5.74) is 9.80. The molecule has 0 radical (unpaired) electrons. The van der Waals surface area contributed by atoms with Crippen LogP contribution in [0.2, 0.25) is 0 Å². The molecule has 0 aliphatic carbocycles. The lowest BCUT2D eigenvalue weighted by atomic mass is 10.1. The predicted octanol–water partition coefficient (Wildman–Crippen LogP) is 4.21. The summed E-state index contributed by atoms with van der Waals surface area (Å²) in [7, 11) is 0. The summed E-state index contributed by atoms with van der Waals surface area (Å²) in [5.74, 6) is 0. The summed E-state index contributed by atoms with van der Waals surface area (Å²) >= 11 is 0. The summed E-state index contributed by atoms with van der Waals surface area (Å²) in [4.78, 5) is 10.1. The number of hydrogen-bond acceptors (Lipinski definition) is 5. The Kier molecular flexibility index (Phi) is 3.74. The van der Waals surface area contributed by atoms with Gasteiger partial charge in [0.05, 0.1) is 16.3 Å². The quantitative estimate of drug-likeness (QED) is 0.391. The van der Waals surface area contributed by atoms with E-state index in [1.165, 1.54) is 12.1 Å². The van der Waals surface area contributed by atoms with Gasteiger partial charge in [-0.05, 0) is 49.2 Å². The van der Waals surface area contributed by atoms with Gasteiger partial charge in [-0.2, -0.15) is 10.2 Å². The van der Waals surface area contributed by atoms with Gasteiger partial charge < -0.3 is 5.73 Å². The minimum Gasteiger partial charge on any atom is -0.398 e. The molecule has 0 amide bonds. The average molecular weight is 270 g/mol. The summed E-state index contributed by atoms with van der Waals surface area (Å²) in [6.45, 7) is 3.82. The van der Waals surface area contributed by atoms with E-state index in [9.17, 15) is 10.1 Å². The highest BCUT2D eigenvalue weighted by Gasteiger charge is 2.04. The van der Waals surface area contributed by atoms with E-state index in [2.05, 4.69) is 10.2 Å². The van der Waals surface area contributed by atoms with Crippen LogP contribution in [0, 0.1) is 24.0 Å². The maximum Gasteiger partial charge on any atom is 0.269 e. The van der Waals surface area contributed by atoms with Crippen molar-refractivity contribution in [2.24, 2.45) is 10.2 Å². The van der Waals surface area contributed by atoms with Gasteiger partial charge in [0.1, 0.15) is 0 Å². The lowest BCUT2D eigenvalue weighted by Crippen LogP contribution is -1.92. The number of non-ortho nitro benzene ring substituents is 1. The number of nitrogens with two attached hydrogens (primary N) is 1. The van der Waals surface area contributed by atoms with Crippen molar-refractivity contribution in [1.82, 2.24) is 0 Å². The van der Waals surface area contributed by atoms with Crippen molar-refractivity contribution in [3.63, 3.8) is 0 Å². The minimum absolute atomic E-state index is 0.0307. The first kappa shape index (κ1) is 13.7. The number of benzene rings is 2. The molecule has 102 valence electrons. The van der Waals surface area contributed by atoms with Crippen LogP contribution in [-0.4, -0.2) is 4.92 Å². The first-order chi connectivity index (χ1) is 9.47. The fourth-order valence-corrected chi connectivity index (χ4v) is 1.77. The Morgan fingerprint density at radius 2 is 1.50 bits per heavy atom. The number of anilines is 1. The molecule has 0 bridgehead atoms. The summed E-state index contributed by atoms with van der Waals surface area (Å²) in [6, 6.07) is 9.59. The zero-order chi connectivity index (χ0) is 14.7. The molecule has 0 saturated heterocycles. The maximum atomic E-state index is 10.5. The van der Waals surface area contributed by atoms with Crippen LogP contribution in [0.25, 0.3) is 0 Å². The number of azo groups is 1. The second-order valence-corrected chi connectivity index (χ2v) is 4.47. The Bertz CT molecular complexity index is 655. The Balaban J connectivity index is 2.23. The van der Waals surface area contributed by atoms with E-state index in [4.69, 9.17) is 5.73 Å². The highest BCUT2D eigenvalue weighted by molar-refractivity contribution is 5.59. The molecule has 0 saturated carbocycles. The SMILES string of the molecule is Cc1cc(N=Nc2ccc([N+](=O)[O-])cc2)cc(C)c1N. The molecule has 0 aliphatic heterocycles. The molecule has 20 heavy (non-hydrogen) atoms. The second kappa shape index (κ2) is 5.48. The third-order valence-corrected chi connectivity index (χ3v) is 2.92. The van der Waals surface area contributed by atoms with E-state index in [1.807, 2.05) is 26.0 Å². The number of aryl methyl sites for hydroxylation is 2. The molecule has 2 N–H and O–H groups in total. The largest absolute Gasteiger partial charge is 0.398 e. The van der Waals surface area contributed by atoms with E-state index in [0.29, 0.717) is 11.4 Å². The molecule has 0 fully saturated rings. The Morgan fingerprint density at radius 3 is 2.00 bits per heavy atom. The molecule has 0 aromatic heterocycles. The van der Waals surface area contributed by atoms with E-state index in [0.717, 1.165) is 16.8 Å². The molecule has 0 unspecified atom stereocenters. The number of hydrogen-bond donors (Lipinski definition) is 1. The summed E-state index contributed by atoms with van der Waals surface area (Å²) in [6.07, 6.45) is 0. The number of nitro benzene ring substituents is 1. The average Bonchev–Trinajstić information content (AvgIpc) is 2.42. The maximum absolute atomic E-state index is 10.5. The van der Waals surface area contributed by atoms with Crippen molar-refractivity contribution < 1.29 is 4.92 Å². The fraction of sp³-hybridized carbons (Fsp3) is 0.143. The van der Waals surface area contributed by atoms with Crippen LogP contribution < -0.4 is 5.73 Å². The van der Waals surface area contributed by atoms with Crippen molar-refractivity contribution in [2.75, 3.05) is 5.73 Å². The zero-order valence-corrected chi connectivity index (χ0v) is 11.2. The molecule has 6 nitrogen and oxygen atoms in total. The first-order valence-electron chi connectivity index (χ1n) is 6.00. The van der Waals surface area contributed by atoms with Gasteiger partial charge >= 0.3 is 0 Å². The Morgan fingerprint density at radius 1 is 1.00 bits per heavy atom. The Hall–Kier alpha value is -2.76. The molecule has 2 aromatic carbocycles. The predicted molar refractivity (Wildman–Crippen MR) is 77.6 cm³/mol. The van der Waals surface area contributed by atoms with Crippen LogP contribution in [-0.2, 0) is 0 Å². The Labute approximate surface area is 116 Å². The van der Waals surface area contributed by atoms with Crippen LogP contribution in [0.15, 0.2) is 46.6 Å². The van der Waals surface area contributed by atoms with Crippen molar-refractivity contribution in [3.8, 4) is 0 Å². The van der Waals surface area contributed by atoms with Gasteiger partial charge in [0.15, 0.2) is 0 Å². The third-order valence-electron chi connectivity index (χ3n) is 2.92. The van der Waals surface area contributed by atoms with Gasteiger partial charge in [-0.1, -0.05) is 0 Å². The monoisotopic (exact) mass is 270 g/mol. The lowest BCUT2D eigenvalue weighted by Gasteiger charge is -2.04. The van der Waals surface area contributed by atoms with Gasteiger partial charge in [0.2, 0.25) is 0 Å². The standard InChI is InChI=1S/C14H14N4O2/c1-9-7-12(8-10(2)14(9)15)17-16-11-3-5-13(6-4-11)18(19)20/h3-8H,15H2,1-2H3.